The van der Waals surface area contributed by atoms with Gasteiger partial charge in [0.2, 0.25) is 0 Å². The summed E-state index contributed by atoms with van der Waals surface area (Å²) in [6.07, 6.45) is 47.4. The van der Waals surface area contributed by atoms with Gasteiger partial charge >= 0.3 is 0 Å². The molecule has 0 fully saturated rings. The van der Waals surface area contributed by atoms with Crippen LogP contribution >= 0.6 is 0 Å². The zero-order chi connectivity index (χ0) is 28.8. The summed E-state index contributed by atoms with van der Waals surface area (Å²) in [6, 6.07) is 0. The van der Waals surface area contributed by atoms with Crippen LogP contribution in [0.5, 0.6) is 0 Å². The summed E-state index contributed by atoms with van der Waals surface area (Å²) in [4.78, 5) is 0. The number of imidazole rings is 1. The number of unbranched alkanes of at least 4 members (excludes halogenated alkanes) is 26. The van der Waals surface area contributed by atoms with Gasteiger partial charge in [-0.15, -0.1) is 0 Å². The lowest BCUT2D eigenvalue weighted by Crippen LogP contribution is -2.37. The molecule has 0 N–H and O–H groups in total. The average Bonchev–Trinajstić information content (AvgIpc) is 3.35. The molecule has 1 heterocycles. The van der Waals surface area contributed by atoms with Crippen LogP contribution in [0.25, 0.3) is 0 Å². The molecular weight excluding hydrogens is 484 g/mol. The molecule has 1 aromatic rings. The van der Waals surface area contributed by atoms with Crippen LogP contribution in [-0.4, -0.2) is 4.57 Å². The molecule has 1 aromatic heterocycles. The molecule has 2 heteroatoms. The molecule has 0 spiro atoms. The van der Waals surface area contributed by atoms with E-state index in [0.717, 1.165) is 0 Å². The van der Waals surface area contributed by atoms with E-state index in [2.05, 4.69) is 42.3 Å². The van der Waals surface area contributed by atoms with E-state index in [1.165, 1.54) is 206 Å². The van der Waals surface area contributed by atoms with E-state index in [1.807, 2.05) is 0 Å². The number of aryl methyl sites for hydroxylation is 2. The molecule has 0 aliphatic heterocycles. The Morgan fingerprint density at radius 3 is 1.20 bits per heavy atom. The fourth-order valence-corrected chi connectivity index (χ4v) is 6.33. The fraction of sp³-hybridized carbons (Fsp3) is 0.921. The van der Waals surface area contributed by atoms with Crippen molar-refractivity contribution in [3.05, 3.63) is 18.2 Å². The molecule has 0 amide bonds. The first kappa shape index (κ1) is 37.2. The fourth-order valence-electron chi connectivity index (χ4n) is 6.33. The minimum atomic E-state index is 1.23. The maximum Gasteiger partial charge on any atom is 0.256 e. The van der Waals surface area contributed by atoms with Crippen molar-refractivity contribution in [2.24, 2.45) is 0 Å². The predicted molar refractivity (Wildman–Crippen MR) is 179 cm³/mol. The summed E-state index contributed by atoms with van der Waals surface area (Å²) in [5, 5.41) is 0. The maximum absolute atomic E-state index is 2.63. The van der Waals surface area contributed by atoms with Gasteiger partial charge in [-0.3, -0.25) is 0 Å². The van der Waals surface area contributed by atoms with Crippen molar-refractivity contribution in [1.29, 1.82) is 0 Å². The highest BCUT2D eigenvalue weighted by Gasteiger charge is 2.16. The van der Waals surface area contributed by atoms with Gasteiger partial charge in [-0.05, 0) is 32.1 Å². The van der Waals surface area contributed by atoms with Gasteiger partial charge in [0, 0.05) is 6.42 Å². The normalized spacial score (nSPS) is 11.6. The number of hydrogen-bond acceptors (Lipinski definition) is 0. The molecule has 0 atom stereocenters. The zero-order valence-electron chi connectivity index (χ0n) is 28.2. The van der Waals surface area contributed by atoms with Gasteiger partial charge in [-0.2, -0.15) is 0 Å². The number of aromatic nitrogens is 2. The van der Waals surface area contributed by atoms with Crippen molar-refractivity contribution in [2.75, 3.05) is 0 Å². The summed E-state index contributed by atoms with van der Waals surface area (Å²) in [6.45, 7) is 9.40. The van der Waals surface area contributed by atoms with Gasteiger partial charge in [0.05, 0.1) is 13.1 Å². The Morgan fingerprint density at radius 1 is 0.425 bits per heavy atom. The molecule has 0 saturated carbocycles. The van der Waals surface area contributed by atoms with Crippen molar-refractivity contribution in [3.63, 3.8) is 0 Å². The quantitative estimate of drug-likeness (QED) is 0.0613. The van der Waals surface area contributed by atoms with Crippen molar-refractivity contribution >= 4 is 0 Å². The van der Waals surface area contributed by atoms with E-state index in [4.69, 9.17) is 0 Å². The van der Waals surface area contributed by atoms with E-state index in [-0.39, 0.29) is 0 Å². The standard InChI is InChI=1S/C38H75N2/c1-4-7-10-13-16-19-20-21-22-24-27-30-33-38-39(34-31-28-25-18-15-12-9-6-3)36-37-40(38)35-32-29-26-23-17-14-11-8-5-2/h36-37H,4-35H2,1-3H3/q+1. The van der Waals surface area contributed by atoms with Crippen molar-refractivity contribution in [1.82, 2.24) is 4.57 Å². The second kappa shape index (κ2) is 29.7. The topological polar surface area (TPSA) is 8.81 Å². The third-order valence-corrected chi connectivity index (χ3v) is 9.10. The molecule has 1 rings (SSSR count). The molecule has 0 unspecified atom stereocenters. The lowest BCUT2D eigenvalue weighted by atomic mass is 10.0. The van der Waals surface area contributed by atoms with E-state index in [1.54, 1.807) is 5.82 Å². The first-order valence-corrected chi connectivity index (χ1v) is 18.9. The highest BCUT2D eigenvalue weighted by atomic mass is 15.1. The molecule has 2 nitrogen and oxygen atoms in total. The monoisotopic (exact) mass is 560 g/mol. The Labute approximate surface area is 253 Å². The highest BCUT2D eigenvalue weighted by molar-refractivity contribution is 4.84. The van der Waals surface area contributed by atoms with Crippen LogP contribution in [0.1, 0.15) is 213 Å². The lowest BCUT2D eigenvalue weighted by molar-refractivity contribution is -0.704. The van der Waals surface area contributed by atoms with Gasteiger partial charge in [-0.25, -0.2) is 9.13 Å². The largest absolute Gasteiger partial charge is 0.256 e. The lowest BCUT2D eigenvalue weighted by Gasteiger charge is -2.07. The molecule has 0 aliphatic rings. The number of hydrogen-bond donors (Lipinski definition) is 0. The zero-order valence-corrected chi connectivity index (χ0v) is 28.2. The van der Waals surface area contributed by atoms with Crippen LogP contribution in [0, 0.1) is 0 Å². The SMILES string of the molecule is CCCCCCCCCCCCCCc1n(CCCCCCCCCC)cc[n+]1CCCCCCCCCCC. The molecule has 0 aromatic carbocycles. The Balaban J connectivity index is 2.31. The van der Waals surface area contributed by atoms with Gasteiger partial charge in [-0.1, -0.05) is 175 Å². The average molecular weight is 560 g/mol. The van der Waals surface area contributed by atoms with Crippen molar-refractivity contribution in [3.8, 4) is 0 Å². The van der Waals surface area contributed by atoms with Gasteiger partial charge in [0.15, 0.2) is 0 Å². The Kier molecular flexibility index (Phi) is 27.6. The smallest absolute Gasteiger partial charge is 0.234 e. The Bertz CT molecular complexity index is 619. The van der Waals surface area contributed by atoms with Crippen molar-refractivity contribution in [2.45, 2.75) is 226 Å². The summed E-state index contributed by atoms with van der Waals surface area (Å²) in [5.41, 5.74) is 0. The second-order valence-corrected chi connectivity index (χ2v) is 13.0. The molecule has 0 radical (unpaired) electrons. The molecular formula is C38H75N2+. The number of rotatable bonds is 32. The van der Waals surface area contributed by atoms with E-state index in [9.17, 15) is 0 Å². The third kappa shape index (κ3) is 21.9. The second-order valence-electron chi connectivity index (χ2n) is 13.0. The maximum atomic E-state index is 2.63. The Morgan fingerprint density at radius 2 is 0.775 bits per heavy atom. The third-order valence-electron chi connectivity index (χ3n) is 9.10. The molecule has 0 saturated heterocycles. The minimum Gasteiger partial charge on any atom is -0.234 e. The van der Waals surface area contributed by atoms with Crippen LogP contribution in [-0.2, 0) is 19.5 Å². The van der Waals surface area contributed by atoms with Crippen LogP contribution in [0.4, 0.5) is 0 Å². The minimum absolute atomic E-state index is 1.23. The van der Waals surface area contributed by atoms with Gasteiger partial charge in [0.1, 0.15) is 12.4 Å². The van der Waals surface area contributed by atoms with Crippen LogP contribution in [0.2, 0.25) is 0 Å². The summed E-state index contributed by atoms with van der Waals surface area (Å²) >= 11 is 0. The molecule has 40 heavy (non-hydrogen) atoms. The first-order valence-electron chi connectivity index (χ1n) is 18.9. The van der Waals surface area contributed by atoms with Gasteiger partial charge in [0.25, 0.3) is 5.82 Å². The van der Waals surface area contributed by atoms with Crippen LogP contribution in [0.15, 0.2) is 12.4 Å². The summed E-state index contributed by atoms with van der Waals surface area (Å²) in [7, 11) is 0. The number of nitrogens with zero attached hydrogens (tertiary/aromatic N) is 2. The molecule has 0 bridgehead atoms. The van der Waals surface area contributed by atoms with Gasteiger partial charge < -0.3 is 0 Å². The van der Waals surface area contributed by atoms with E-state index in [0.29, 0.717) is 0 Å². The van der Waals surface area contributed by atoms with Crippen LogP contribution < -0.4 is 4.57 Å². The first-order chi connectivity index (χ1) is 19.8. The summed E-state index contributed by atoms with van der Waals surface area (Å²) < 4.78 is 5.26. The molecule has 0 aliphatic carbocycles. The molecule has 236 valence electrons. The summed E-state index contributed by atoms with van der Waals surface area (Å²) in [5.74, 6) is 1.62. The predicted octanol–water partition coefficient (Wildman–Crippen LogP) is 12.7. The van der Waals surface area contributed by atoms with E-state index >= 15 is 0 Å². The Hall–Kier alpha value is -0.790. The highest BCUT2D eigenvalue weighted by Crippen LogP contribution is 2.15. The van der Waals surface area contributed by atoms with Crippen molar-refractivity contribution < 1.29 is 4.57 Å². The van der Waals surface area contributed by atoms with Crippen LogP contribution in [0.3, 0.4) is 0 Å². The van der Waals surface area contributed by atoms with E-state index < -0.39 is 0 Å².